The van der Waals surface area contributed by atoms with Gasteiger partial charge in [-0.3, -0.25) is 0 Å². The Kier molecular flexibility index (Phi) is 6.57. The number of nitrogens with one attached hydrogen (secondary N) is 1. The predicted octanol–water partition coefficient (Wildman–Crippen LogP) is 2.52. The summed E-state index contributed by atoms with van der Waals surface area (Å²) in [6.45, 7) is 8.26. The minimum Gasteiger partial charge on any atom is -0.490 e. The van der Waals surface area contributed by atoms with E-state index >= 15 is 0 Å². The topological polar surface area (TPSA) is 37.0 Å². The van der Waals surface area contributed by atoms with E-state index in [1.54, 1.807) is 0 Å². The quantitative estimate of drug-likeness (QED) is 0.856. The van der Waals surface area contributed by atoms with Crippen LogP contribution in [-0.4, -0.2) is 69.3 Å². The minimum atomic E-state index is 0.316. The van der Waals surface area contributed by atoms with E-state index in [4.69, 9.17) is 9.47 Å². The summed E-state index contributed by atoms with van der Waals surface area (Å²) >= 11 is 0. The molecule has 2 heterocycles. The van der Waals surface area contributed by atoms with Gasteiger partial charge in [-0.15, -0.1) is 0 Å². The van der Waals surface area contributed by atoms with Gasteiger partial charge in [0.2, 0.25) is 0 Å². The standard InChI is InChI=1S/C20H33N3O2/c1-16(17-5-6-19-20(15-17)25-14-4-13-24-19)21-9-12-23-10-7-18(8-11-23)22(2)3/h5-6,15-16,18,21H,4,7-14H2,1-3H3. The third-order valence-electron chi connectivity index (χ3n) is 5.44. The van der Waals surface area contributed by atoms with Crippen LogP contribution in [0.5, 0.6) is 11.5 Å². The zero-order valence-electron chi connectivity index (χ0n) is 16.0. The maximum absolute atomic E-state index is 5.80. The second kappa shape index (κ2) is 8.88. The van der Waals surface area contributed by atoms with Crippen LogP contribution in [0, 0.1) is 0 Å². The second-order valence-electron chi connectivity index (χ2n) is 7.47. The Bertz CT molecular complexity index is 542. The van der Waals surface area contributed by atoms with Gasteiger partial charge in [-0.05, 0) is 64.6 Å². The fourth-order valence-electron chi connectivity index (χ4n) is 3.67. The fraction of sp³-hybridized carbons (Fsp3) is 0.700. The molecule has 5 heteroatoms. The molecule has 1 saturated heterocycles. The van der Waals surface area contributed by atoms with Gasteiger partial charge in [0.05, 0.1) is 13.2 Å². The lowest BCUT2D eigenvalue weighted by Crippen LogP contribution is -2.44. The molecule has 0 spiro atoms. The zero-order chi connectivity index (χ0) is 17.6. The Balaban J connectivity index is 1.44. The molecular formula is C20H33N3O2. The van der Waals surface area contributed by atoms with Gasteiger partial charge in [-0.2, -0.15) is 0 Å². The minimum absolute atomic E-state index is 0.316. The van der Waals surface area contributed by atoms with Gasteiger partial charge in [0, 0.05) is 31.6 Å². The maximum Gasteiger partial charge on any atom is 0.161 e. The van der Waals surface area contributed by atoms with Gasteiger partial charge in [0.15, 0.2) is 11.5 Å². The van der Waals surface area contributed by atoms with Gasteiger partial charge in [0.25, 0.3) is 0 Å². The molecule has 1 unspecified atom stereocenters. The van der Waals surface area contributed by atoms with Crippen molar-refractivity contribution in [2.75, 3.05) is 53.5 Å². The van der Waals surface area contributed by atoms with Crippen LogP contribution >= 0.6 is 0 Å². The summed E-state index contributed by atoms with van der Waals surface area (Å²) in [4.78, 5) is 4.94. The van der Waals surface area contributed by atoms with Crippen LogP contribution in [0.4, 0.5) is 0 Å². The number of piperidine rings is 1. The summed E-state index contributed by atoms with van der Waals surface area (Å²) in [5, 5.41) is 3.65. The monoisotopic (exact) mass is 347 g/mol. The molecule has 1 fully saturated rings. The van der Waals surface area contributed by atoms with E-state index < -0.39 is 0 Å². The summed E-state index contributed by atoms with van der Waals surface area (Å²) in [5.74, 6) is 1.76. The van der Waals surface area contributed by atoms with Crippen LogP contribution in [-0.2, 0) is 0 Å². The zero-order valence-corrected chi connectivity index (χ0v) is 16.0. The average molecular weight is 348 g/mol. The molecule has 0 bridgehead atoms. The van der Waals surface area contributed by atoms with E-state index in [1.165, 1.54) is 31.5 Å². The van der Waals surface area contributed by atoms with Crippen LogP contribution in [0.3, 0.4) is 0 Å². The van der Waals surface area contributed by atoms with Crippen molar-refractivity contribution in [1.29, 1.82) is 0 Å². The van der Waals surface area contributed by atoms with E-state index in [-0.39, 0.29) is 0 Å². The van der Waals surface area contributed by atoms with E-state index in [1.807, 2.05) is 6.07 Å². The first-order valence-corrected chi connectivity index (χ1v) is 9.65. The highest BCUT2D eigenvalue weighted by atomic mass is 16.5. The Morgan fingerprint density at radius 2 is 1.88 bits per heavy atom. The number of fused-ring (bicyclic) bond motifs is 1. The van der Waals surface area contributed by atoms with Gasteiger partial charge in [-0.1, -0.05) is 6.07 Å². The largest absolute Gasteiger partial charge is 0.490 e. The smallest absolute Gasteiger partial charge is 0.161 e. The maximum atomic E-state index is 5.80. The highest BCUT2D eigenvalue weighted by Gasteiger charge is 2.20. The third-order valence-corrected chi connectivity index (χ3v) is 5.44. The number of benzene rings is 1. The van der Waals surface area contributed by atoms with E-state index in [9.17, 15) is 0 Å². The van der Waals surface area contributed by atoms with Crippen LogP contribution < -0.4 is 14.8 Å². The molecule has 1 aromatic rings. The van der Waals surface area contributed by atoms with Crippen molar-refractivity contribution in [3.63, 3.8) is 0 Å². The highest BCUT2D eigenvalue weighted by Crippen LogP contribution is 2.32. The van der Waals surface area contributed by atoms with Gasteiger partial charge in [0.1, 0.15) is 0 Å². The average Bonchev–Trinajstić information content (AvgIpc) is 2.86. The van der Waals surface area contributed by atoms with Gasteiger partial charge < -0.3 is 24.6 Å². The van der Waals surface area contributed by atoms with Crippen molar-refractivity contribution in [2.45, 2.75) is 38.3 Å². The molecule has 1 N–H and O–H groups in total. The number of nitrogens with zero attached hydrogens (tertiary/aromatic N) is 2. The fourth-order valence-corrected chi connectivity index (χ4v) is 3.67. The van der Waals surface area contributed by atoms with Crippen LogP contribution in [0.2, 0.25) is 0 Å². The highest BCUT2D eigenvalue weighted by molar-refractivity contribution is 5.44. The molecule has 1 aromatic carbocycles. The Hall–Kier alpha value is -1.30. The predicted molar refractivity (Wildman–Crippen MR) is 102 cm³/mol. The summed E-state index contributed by atoms with van der Waals surface area (Å²) in [5.41, 5.74) is 1.26. The molecule has 0 aromatic heterocycles. The van der Waals surface area contributed by atoms with Gasteiger partial charge >= 0.3 is 0 Å². The SMILES string of the molecule is CC(NCCN1CCC(N(C)C)CC1)c1ccc2c(c1)OCCCO2. The molecule has 0 aliphatic carbocycles. The van der Waals surface area contributed by atoms with Crippen molar-refractivity contribution in [2.24, 2.45) is 0 Å². The second-order valence-corrected chi connectivity index (χ2v) is 7.47. The molecule has 5 nitrogen and oxygen atoms in total. The summed E-state index contributed by atoms with van der Waals surface area (Å²) in [7, 11) is 4.39. The lowest BCUT2D eigenvalue weighted by Gasteiger charge is -2.35. The molecule has 1 atom stereocenters. The number of hydrogen-bond acceptors (Lipinski definition) is 5. The third kappa shape index (κ3) is 5.09. The van der Waals surface area contributed by atoms with E-state index in [0.29, 0.717) is 6.04 Å². The Morgan fingerprint density at radius 3 is 2.60 bits per heavy atom. The Labute approximate surface area is 152 Å². The first-order chi connectivity index (χ1) is 12.1. The van der Waals surface area contributed by atoms with Crippen molar-refractivity contribution in [3.8, 4) is 11.5 Å². The molecule has 140 valence electrons. The Morgan fingerprint density at radius 1 is 1.16 bits per heavy atom. The number of likely N-dealkylation sites (tertiary alicyclic amines) is 1. The van der Waals surface area contributed by atoms with Crippen molar-refractivity contribution < 1.29 is 9.47 Å². The molecule has 25 heavy (non-hydrogen) atoms. The number of hydrogen-bond donors (Lipinski definition) is 1. The number of ether oxygens (including phenoxy) is 2. The van der Waals surface area contributed by atoms with Crippen molar-refractivity contribution in [3.05, 3.63) is 23.8 Å². The molecule has 0 radical (unpaired) electrons. The molecular weight excluding hydrogens is 314 g/mol. The molecule has 0 saturated carbocycles. The molecule has 2 aliphatic heterocycles. The number of rotatable bonds is 6. The molecule has 0 amide bonds. The summed E-state index contributed by atoms with van der Waals surface area (Å²) in [6.07, 6.45) is 3.51. The van der Waals surface area contributed by atoms with Crippen molar-refractivity contribution >= 4 is 0 Å². The first kappa shape index (κ1) is 18.5. The van der Waals surface area contributed by atoms with Crippen molar-refractivity contribution in [1.82, 2.24) is 15.1 Å². The normalized spacial score (nSPS) is 20.5. The molecule has 3 rings (SSSR count). The van der Waals surface area contributed by atoms with Crippen LogP contribution in [0.25, 0.3) is 0 Å². The summed E-state index contributed by atoms with van der Waals surface area (Å²) in [6, 6.07) is 7.39. The first-order valence-electron chi connectivity index (χ1n) is 9.65. The lowest BCUT2D eigenvalue weighted by atomic mass is 10.0. The van der Waals surface area contributed by atoms with Crippen LogP contribution in [0.1, 0.15) is 37.8 Å². The van der Waals surface area contributed by atoms with E-state index in [0.717, 1.165) is 50.3 Å². The lowest BCUT2D eigenvalue weighted by molar-refractivity contribution is 0.145. The summed E-state index contributed by atoms with van der Waals surface area (Å²) < 4.78 is 11.5. The molecule has 2 aliphatic rings. The van der Waals surface area contributed by atoms with Gasteiger partial charge in [-0.25, -0.2) is 0 Å². The van der Waals surface area contributed by atoms with E-state index in [2.05, 4.69) is 48.3 Å². The van der Waals surface area contributed by atoms with Crippen LogP contribution in [0.15, 0.2) is 18.2 Å².